The number of nitrogens with two attached hydrogens (primary N) is 1. The molecule has 0 aromatic heterocycles. The van der Waals surface area contributed by atoms with E-state index < -0.39 is 0 Å². The van der Waals surface area contributed by atoms with E-state index in [2.05, 4.69) is 0 Å². The van der Waals surface area contributed by atoms with E-state index in [-0.39, 0.29) is 11.9 Å². The van der Waals surface area contributed by atoms with E-state index in [1.807, 2.05) is 43.3 Å². The Bertz CT molecular complexity index is 569. The monoisotopic (exact) mass is 291 g/mol. The molecule has 2 N–H and O–H groups in total. The number of benzene rings is 2. The predicted octanol–water partition coefficient (Wildman–Crippen LogP) is 3.88. The van der Waals surface area contributed by atoms with Crippen LogP contribution in [0.15, 0.2) is 52.3 Å². The second kappa shape index (κ2) is 6.77. The highest BCUT2D eigenvalue weighted by Crippen LogP contribution is 2.31. The van der Waals surface area contributed by atoms with E-state index in [0.29, 0.717) is 11.3 Å². The van der Waals surface area contributed by atoms with E-state index in [9.17, 15) is 4.39 Å². The van der Waals surface area contributed by atoms with Gasteiger partial charge in [-0.05, 0) is 55.3 Å². The van der Waals surface area contributed by atoms with Crippen LogP contribution >= 0.6 is 11.8 Å². The van der Waals surface area contributed by atoms with Gasteiger partial charge in [0.05, 0.1) is 7.11 Å². The molecule has 106 valence electrons. The lowest BCUT2D eigenvalue weighted by atomic mass is 10.1. The van der Waals surface area contributed by atoms with Crippen LogP contribution in [0.4, 0.5) is 4.39 Å². The van der Waals surface area contributed by atoms with Gasteiger partial charge in [-0.3, -0.25) is 0 Å². The van der Waals surface area contributed by atoms with E-state index >= 15 is 0 Å². The minimum atomic E-state index is -0.205. The zero-order valence-electron chi connectivity index (χ0n) is 11.6. The summed E-state index contributed by atoms with van der Waals surface area (Å²) in [6.07, 6.45) is 0.685. The van der Waals surface area contributed by atoms with Gasteiger partial charge in [-0.2, -0.15) is 0 Å². The molecule has 0 saturated heterocycles. The molecule has 2 aromatic carbocycles. The SMILES string of the molecule is COc1ccc(Sc2ccc(CC(C)N)cc2F)cc1. The van der Waals surface area contributed by atoms with Crippen molar-refractivity contribution < 1.29 is 9.13 Å². The van der Waals surface area contributed by atoms with Crippen molar-refractivity contribution in [3.8, 4) is 5.75 Å². The molecule has 2 rings (SSSR count). The van der Waals surface area contributed by atoms with Crippen LogP contribution in [0.2, 0.25) is 0 Å². The highest BCUT2D eigenvalue weighted by Gasteiger charge is 2.07. The Kier molecular flexibility index (Phi) is 5.04. The minimum Gasteiger partial charge on any atom is -0.497 e. The lowest BCUT2D eigenvalue weighted by molar-refractivity contribution is 0.414. The highest BCUT2D eigenvalue weighted by molar-refractivity contribution is 7.99. The third-order valence-electron chi connectivity index (χ3n) is 2.84. The van der Waals surface area contributed by atoms with Gasteiger partial charge in [0.25, 0.3) is 0 Å². The molecule has 0 bridgehead atoms. The molecule has 0 aliphatic rings. The van der Waals surface area contributed by atoms with Gasteiger partial charge in [0.15, 0.2) is 0 Å². The fourth-order valence-electron chi connectivity index (χ4n) is 1.90. The maximum Gasteiger partial charge on any atom is 0.137 e. The Labute approximate surface area is 123 Å². The van der Waals surface area contributed by atoms with Crippen LogP contribution in [0, 0.1) is 5.82 Å². The van der Waals surface area contributed by atoms with Crippen molar-refractivity contribution in [2.45, 2.75) is 29.2 Å². The molecule has 4 heteroatoms. The highest BCUT2D eigenvalue weighted by atomic mass is 32.2. The van der Waals surface area contributed by atoms with Crippen molar-refractivity contribution >= 4 is 11.8 Å². The van der Waals surface area contributed by atoms with E-state index in [1.54, 1.807) is 13.2 Å². The third kappa shape index (κ3) is 3.99. The summed E-state index contributed by atoms with van der Waals surface area (Å²) in [6, 6.07) is 12.9. The van der Waals surface area contributed by atoms with Crippen molar-refractivity contribution in [1.29, 1.82) is 0 Å². The van der Waals surface area contributed by atoms with Crippen molar-refractivity contribution in [1.82, 2.24) is 0 Å². The molecule has 0 aliphatic carbocycles. The summed E-state index contributed by atoms with van der Waals surface area (Å²) in [5, 5.41) is 0. The Hall–Kier alpha value is -1.52. The Balaban J connectivity index is 2.12. The summed E-state index contributed by atoms with van der Waals surface area (Å²) < 4.78 is 19.1. The molecule has 1 atom stereocenters. The zero-order chi connectivity index (χ0) is 14.5. The molecular weight excluding hydrogens is 273 g/mol. The number of hydrogen-bond acceptors (Lipinski definition) is 3. The van der Waals surface area contributed by atoms with Crippen LogP contribution < -0.4 is 10.5 Å². The normalized spacial score (nSPS) is 12.2. The first-order chi connectivity index (χ1) is 9.58. The molecular formula is C16H18FNOS. The summed E-state index contributed by atoms with van der Waals surface area (Å²) in [5.74, 6) is 0.589. The van der Waals surface area contributed by atoms with Crippen LogP contribution in [-0.4, -0.2) is 13.2 Å². The van der Waals surface area contributed by atoms with Gasteiger partial charge < -0.3 is 10.5 Å². The minimum absolute atomic E-state index is 0.0366. The summed E-state index contributed by atoms with van der Waals surface area (Å²) in [6.45, 7) is 1.91. The summed E-state index contributed by atoms with van der Waals surface area (Å²) >= 11 is 1.40. The molecule has 2 nitrogen and oxygen atoms in total. The van der Waals surface area contributed by atoms with Crippen molar-refractivity contribution in [2.24, 2.45) is 5.73 Å². The molecule has 0 spiro atoms. The largest absolute Gasteiger partial charge is 0.497 e. The quantitative estimate of drug-likeness (QED) is 0.908. The van der Waals surface area contributed by atoms with Gasteiger partial charge in [0, 0.05) is 15.8 Å². The first-order valence-electron chi connectivity index (χ1n) is 6.44. The fourth-order valence-corrected chi connectivity index (χ4v) is 2.72. The average molecular weight is 291 g/mol. The van der Waals surface area contributed by atoms with Gasteiger partial charge in [0.2, 0.25) is 0 Å². The molecule has 1 unspecified atom stereocenters. The van der Waals surface area contributed by atoms with Gasteiger partial charge >= 0.3 is 0 Å². The van der Waals surface area contributed by atoms with Gasteiger partial charge in [-0.15, -0.1) is 0 Å². The van der Waals surface area contributed by atoms with Crippen LogP contribution in [-0.2, 0) is 6.42 Å². The number of halogens is 1. The number of methoxy groups -OCH3 is 1. The number of hydrogen-bond donors (Lipinski definition) is 1. The van der Waals surface area contributed by atoms with Gasteiger partial charge in [-0.25, -0.2) is 4.39 Å². The fraction of sp³-hybridized carbons (Fsp3) is 0.250. The maximum atomic E-state index is 14.0. The van der Waals surface area contributed by atoms with Crippen molar-refractivity contribution in [3.05, 3.63) is 53.8 Å². The predicted molar refractivity (Wildman–Crippen MR) is 80.9 cm³/mol. The van der Waals surface area contributed by atoms with Crippen LogP contribution in [0.3, 0.4) is 0 Å². The molecule has 0 radical (unpaired) electrons. The van der Waals surface area contributed by atoms with Crippen molar-refractivity contribution in [2.75, 3.05) is 7.11 Å². The standard InChI is InChI=1S/C16H18FNOS/c1-11(18)9-12-3-8-16(15(17)10-12)20-14-6-4-13(19-2)5-7-14/h3-8,10-11H,9,18H2,1-2H3. The lowest BCUT2D eigenvalue weighted by Gasteiger charge is -2.08. The van der Waals surface area contributed by atoms with E-state index in [4.69, 9.17) is 10.5 Å². The number of ether oxygens (including phenoxy) is 1. The van der Waals surface area contributed by atoms with Crippen molar-refractivity contribution in [3.63, 3.8) is 0 Å². The Morgan fingerprint density at radius 1 is 1.20 bits per heavy atom. The first-order valence-corrected chi connectivity index (χ1v) is 7.26. The maximum absolute atomic E-state index is 14.0. The lowest BCUT2D eigenvalue weighted by Crippen LogP contribution is -2.17. The third-order valence-corrected chi connectivity index (χ3v) is 3.90. The molecule has 0 saturated carbocycles. The van der Waals surface area contributed by atoms with Crippen LogP contribution in [0.1, 0.15) is 12.5 Å². The topological polar surface area (TPSA) is 35.2 Å². The second-order valence-electron chi connectivity index (χ2n) is 4.72. The summed E-state index contributed by atoms with van der Waals surface area (Å²) in [7, 11) is 1.62. The molecule has 0 aliphatic heterocycles. The van der Waals surface area contributed by atoms with Gasteiger partial charge in [0.1, 0.15) is 11.6 Å². The molecule has 0 heterocycles. The van der Waals surface area contributed by atoms with Crippen LogP contribution in [0.5, 0.6) is 5.75 Å². The molecule has 0 fully saturated rings. The average Bonchev–Trinajstić information content (AvgIpc) is 2.42. The smallest absolute Gasteiger partial charge is 0.137 e. The van der Waals surface area contributed by atoms with Gasteiger partial charge in [-0.1, -0.05) is 17.8 Å². The molecule has 0 amide bonds. The number of rotatable bonds is 5. The second-order valence-corrected chi connectivity index (χ2v) is 5.84. The molecule has 2 aromatic rings. The van der Waals surface area contributed by atoms with E-state index in [0.717, 1.165) is 16.2 Å². The molecule has 20 heavy (non-hydrogen) atoms. The summed E-state index contributed by atoms with van der Waals surface area (Å²) in [5.41, 5.74) is 6.65. The van der Waals surface area contributed by atoms with Crippen LogP contribution in [0.25, 0.3) is 0 Å². The summed E-state index contributed by atoms with van der Waals surface area (Å²) in [4.78, 5) is 1.59. The Morgan fingerprint density at radius 3 is 2.45 bits per heavy atom. The van der Waals surface area contributed by atoms with E-state index in [1.165, 1.54) is 11.8 Å². The zero-order valence-corrected chi connectivity index (χ0v) is 12.4. The first kappa shape index (κ1) is 14.9. The Morgan fingerprint density at radius 2 is 1.90 bits per heavy atom.